The highest BCUT2D eigenvalue weighted by Gasteiger charge is 2.41. The number of rotatable bonds is 2. The number of nitrogens with one attached hydrogen (secondary N) is 1. The van der Waals surface area contributed by atoms with E-state index in [1.54, 1.807) is 6.07 Å². The van der Waals surface area contributed by atoms with E-state index in [2.05, 4.69) is 5.43 Å². The fourth-order valence-electron chi connectivity index (χ4n) is 1.49. The normalized spacial score (nSPS) is 19.1. The lowest BCUT2D eigenvalue weighted by Crippen LogP contribution is -2.60. The maximum Gasteiger partial charge on any atom is 0.128 e. The molecule has 1 aliphatic rings. The fourth-order valence-corrected chi connectivity index (χ4v) is 1.66. The van der Waals surface area contributed by atoms with Crippen LogP contribution in [0.3, 0.4) is 0 Å². The quantitative estimate of drug-likeness (QED) is 0.576. The Labute approximate surface area is 86.0 Å². The minimum absolute atomic E-state index is 0.323. The first-order valence-electron chi connectivity index (χ1n) is 4.19. The summed E-state index contributed by atoms with van der Waals surface area (Å²) in [7, 11) is 0. The van der Waals surface area contributed by atoms with Gasteiger partial charge in [0, 0.05) is 10.6 Å². The van der Waals surface area contributed by atoms with Crippen molar-refractivity contribution in [2.24, 2.45) is 5.84 Å². The Hall–Kier alpha value is -0.680. The van der Waals surface area contributed by atoms with Gasteiger partial charge in [-0.1, -0.05) is 11.6 Å². The van der Waals surface area contributed by atoms with Gasteiger partial charge in [-0.25, -0.2) is 9.82 Å². The third-order valence-electron chi connectivity index (χ3n) is 2.42. The summed E-state index contributed by atoms with van der Waals surface area (Å²) in [5.41, 5.74) is 2.42. The van der Waals surface area contributed by atoms with Crippen molar-refractivity contribution in [2.45, 2.75) is 5.54 Å². The highest BCUT2D eigenvalue weighted by Crippen LogP contribution is 2.32. The molecule has 0 spiro atoms. The Kier molecular flexibility index (Phi) is 2.45. The molecule has 0 bridgehead atoms. The second-order valence-corrected chi connectivity index (χ2v) is 3.78. The maximum atomic E-state index is 13.5. The maximum absolute atomic E-state index is 13.5. The van der Waals surface area contributed by atoms with E-state index in [-0.39, 0.29) is 5.82 Å². The number of halogens is 2. The van der Waals surface area contributed by atoms with Gasteiger partial charge in [0.2, 0.25) is 0 Å². The van der Waals surface area contributed by atoms with E-state index >= 15 is 0 Å². The smallest absolute Gasteiger partial charge is 0.128 e. The van der Waals surface area contributed by atoms with Gasteiger partial charge in [-0.05, 0) is 18.2 Å². The highest BCUT2D eigenvalue weighted by molar-refractivity contribution is 6.30. The number of ether oxygens (including phenoxy) is 1. The summed E-state index contributed by atoms with van der Waals surface area (Å²) in [6.07, 6.45) is 0. The summed E-state index contributed by atoms with van der Waals surface area (Å²) >= 11 is 5.78. The van der Waals surface area contributed by atoms with E-state index < -0.39 is 5.54 Å². The molecule has 5 heteroatoms. The molecule has 3 nitrogen and oxygen atoms in total. The van der Waals surface area contributed by atoms with Gasteiger partial charge in [0.25, 0.3) is 0 Å². The van der Waals surface area contributed by atoms with Gasteiger partial charge >= 0.3 is 0 Å². The van der Waals surface area contributed by atoms with Gasteiger partial charge in [-0.3, -0.25) is 5.84 Å². The van der Waals surface area contributed by atoms with Crippen molar-refractivity contribution >= 4 is 11.6 Å². The average molecular weight is 217 g/mol. The number of nitrogens with two attached hydrogens (primary N) is 1. The Balaban J connectivity index is 2.43. The van der Waals surface area contributed by atoms with Crippen molar-refractivity contribution in [3.63, 3.8) is 0 Å². The molecule has 2 rings (SSSR count). The van der Waals surface area contributed by atoms with Crippen molar-refractivity contribution in [3.05, 3.63) is 34.6 Å². The van der Waals surface area contributed by atoms with Crippen LogP contribution in [0.5, 0.6) is 0 Å². The highest BCUT2D eigenvalue weighted by atomic mass is 35.5. The number of hydrazine groups is 1. The van der Waals surface area contributed by atoms with E-state index in [1.165, 1.54) is 12.1 Å². The first-order chi connectivity index (χ1) is 6.68. The van der Waals surface area contributed by atoms with Gasteiger partial charge in [-0.2, -0.15) is 0 Å². The standard InChI is InChI=1S/C9H10ClFN2O/c10-6-1-2-8(11)7(3-6)9(13-12)4-14-5-9/h1-3,13H,4-5,12H2. The zero-order chi connectivity index (χ0) is 10.2. The summed E-state index contributed by atoms with van der Waals surface area (Å²) in [5, 5.41) is 0.489. The lowest BCUT2D eigenvalue weighted by molar-refractivity contribution is -0.0802. The van der Waals surface area contributed by atoms with Gasteiger partial charge in [-0.15, -0.1) is 0 Å². The Bertz CT molecular complexity index is 349. The molecule has 0 amide bonds. The molecule has 1 heterocycles. The molecular formula is C9H10ClFN2O. The zero-order valence-corrected chi connectivity index (χ0v) is 8.14. The molecule has 1 saturated heterocycles. The van der Waals surface area contributed by atoms with Crippen LogP contribution in [0.15, 0.2) is 18.2 Å². The van der Waals surface area contributed by atoms with Crippen LogP contribution in [0.4, 0.5) is 4.39 Å². The van der Waals surface area contributed by atoms with Crippen molar-refractivity contribution < 1.29 is 9.13 Å². The van der Waals surface area contributed by atoms with Crippen LogP contribution in [0.25, 0.3) is 0 Å². The van der Waals surface area contributed by atoms with E-state index in [1.807, 2.05) is 0 Å². The van der Waals surface area contributed by atoms with Crippen molar-refractivity contribution in [1.82, 2.24) is 5.43 Å². The molecule has 1 fully saturated rings. The molecule has 0 unspecified atom stereocenters. The Morgan fingerprint density at radius 3 is 2.71 bits per heavy atom. The van der Waals surface area contributed by atoms with Crippen LogP contribution in [-0.4, -0.2) is 13.2 Å². The third kappa shape index (κ3) is 1.40. The second-order valence-electron chi connectivity index (χ2n) is 3.34. The Morgan fingerprint density at radius 2 is 2.21 bits per heavy atom. The van der Waals surface area contributed by atoms with Crippen LogP contribution in [0, 0.1) is 5.82 Å². The van der Waals surface area contributed by atoms with E-state index in [9.17, 15) is 4.39 Å². The topological polar surface area (TPSA) is 47.3 Å². The summed E-state index contributed by atoms with van der Waals surface area (Å²) in [6, 6.07) is 4.40. The van der Waals surface area contributed by atoms with Crippen LogP contribution < -0.4 is 11.3 Å². The summed E-state index contributed by atoms with van der Waals surface area (Å²) in [5.74, 6) is 5.06. The SMILES string of the molecule is NNC1(c2cc(Cl)ccc2F)COC1. The molecular weight excluding hydrogens is 207 g/mol. The van der Waals surface area contributed by atoms with Crippen molar-refractivity contribution in [1.29, 1.82) is 0 Å². The molecule has 3 N–H and O–H groups in total. The molecule has 0 atom stereocenters. The van der Waals surface area contributed by atoms with Crippen LogP contribution in [0.1, 0.15) is 5.56 Å². The number of hydrogen-bond acceptors (Lipinski definition) is 3. The molecule has 1 aromatic rings. The largest absolute Gasteiger partial charge is 0.377 e. The van der Waals surface area contributed by atoms with Crippen LogP contribution >= 0.6 is 11.6 Å². The molecule has 76 valence electrons. The van der Waals surface area contributed by atoms with Crippen LogP contribution in [0.2, 0.25) is 5.02 Å². The summed E-state index contributed by atoms with van der Waals surface area (Å²) < 4.78 is 18.5. The molecule has 0 aliphatic carbocycles. The van der Waals surface area contributed by atoms with E-state index in [0.717, 1.165) is 0 Å². The van der Waals surface area contributed by atoms with E-state index in [4.69, 9.17) is 22.2 Å². The molecule has 1 aromatic carbocycles. The molecule has 1 aliphatic heterocycles. The van der Waals surface area contributed by atoms with Gasteiger partial charge in [0.05, 0.1) is 13.2 Å². The average Bonchev–Trinajstić information content (AvgIpc) is 2.10. The molecule has 14 heavy (non-hydrogen) atoms. The first kappa shape index (κ1) is 9.86. The van der Waals surface area contributed by atoms with Gasteiger partial charge < -0.3 is 4.74 Å². The van der Waals surface area contributed by atoms with Crippen molar-refractivity contribution in [3.8, 4) is 0 Å². The van der Waals surface area contributed by atoms with Crippen LogP contribution in [-0.2, 0) is 10.3 Å². The lowest BCUT2D eigenvalue weighted by atomic mass is 9.88. The molecule has 0 radical (unpaired) electrons. The zero-order valence-electron chi connectivity index (χ0n) is 7.39. The first-order valence-corrected chi connectivity index (χ1v) is 4.57. The predicted octanol–water partition coefficient (Wildman–Crippen LogP) is 1.17. The second kappa shape index (κ2) is 3.47. The number of hydrogen-bond donors (Lipinski definition) is 2. The summed E-state index contributed by atoms with van der Waals surface area (Å²) in [6.45, 7) is 0.724. The molecule has 0 saturated carbocycles. The predicted molar refractivity (Wildman–Crippen MR) is 51.2 cm³/mol. The fraction of sp³-hybridized carbons (Fsp3) is 0.333. The summed E-state index contributed by atoms with van der Waals surface area (Å²) in [4.78, 5) is 0. The number of benzene rings is 1. The Morgan fingerprint density at radius 1 is 1.50 bits per heavy atom. The third-order valence-corrected chi connectivity index (χ3v) is 2.65. The van der Waals surface area contributed by atoms with Gasteiger partial charge in [0.15, 0.2) is 0 Å². The van der Waals surface area contributed by atoms with Gasteiger partial charge in [0.1, 0.15) is 11.4 Å². The lowest BCUT2D eigenvalue weighted by Gasteiger charge is -2.41. The van der Waals surface area contributed by atoms with E-state index in [0.29, 0.717) is 23.8 Å². The monoisotopic (exact) mass is 216 g/mol. The minimum atomic E-state index is -0.616. The minimum Gasteiger partial charge on any atom is -0.377 e. The van der Waals surface area contributed by atoms with Crippen molar-refractivity contribution in [2.75, 3.05) is 13.2 Å². The molecule has 0 aromatic heterocycles.